The van der Waals surface area contributed by atoms with Crippen LogP contribution in [0.25, 0.3) is 33.3 Å². The fourth-order valence-corrected chi connectivity index (χ4v) is 4.85. The van der Waals surface area contributed by atoms with Gasteiger partial charge in [-0.25, -0.2) is 5.10 Å². The molecule has 0 radical (unpaired) electrons. The Bertz CT molecular complexity index is 1530. The van der Waals surface area contributed by atoms with Crippen molar-refractivity contribution >= 4 is 40.2 Å². The average Bonchev–Trinajstić information content (AvgIpc) is 3.54. The van der Waals surface area contributed by atoms with Crippen molar-refractivity contribution in [3.63, 3.8) is 0 Å². The Labute approximate surface area is 183 Å². The number of hydrogen-bond donors (Lipinski definition) is 2. The highest BCUT2D eigenvalue weighted by Gasteiger charge is 2.23. The van der Waals surface area contributed by atoms with E-state index in [1.54, 1.807) is 4.68 Å². The highest BCUT2D eigenvalue weighted by molar-refractivity contribution is 7.71. The summed E-state index contributed by atoms with van der Waals surface area (Å²) in [6, 6.07) is 15.0. The van der Waals surface area contributed by atoms with E-state index in [9.17, 15) is 0 Å². The second-order valence-corrected chi connectivity index (χ2v) is 8.22. The molecule has 0 spiro atoms. The van der Waals surface area contributed by atoms with Crippen molar-refractivity contribution < 1.29 is 0 Å². The highest BCUT2D eigenvalue weighted by Crippen LogP contribution is 2.30. The van der Waals surface area contributed by atoms with Crippen LogP contribution in [-0.2, 0) is 19.4 Å². The van der Waals surface area contributed by atoms with E-state index in [2.05, 4.69) is 79.5 Å². The fraction of sp³-hybridized carbons (Fsp3) is 0.217. The first kappa shape index (κ1) is 18.3. The van der Waals surface area contributed by atoms with E-state index in [1.807, 2.05) is 6.21 Å². The summed E-state index contributed by atoms with van der Waals surface area (Å²) in [5, 5.41) is 22.0. The number of para-hydroxylation sites is 1. The largest absolute Gasteiger partial charge is 0.341 e. The van der Waals surface area contributed by atoms with Gasteiger partial charge >= 0.3 is 0 Å². The molecule has 0 saturated carbocycles. The van der Waals surface area contributed by atoms with Crippen LogP contribution in [0.2, 0.25) is 0 Å². The number of H-pyrrole nitrogens is 2. The average molecular weight is 428 g/mol. The molecule has 5 aromatic rings. The number of rotatable bonds is 4. The van der Waals surface area contributed by atoms with Crippen LogP contribution in [0.3, 0.4) is 0 Å². The molecule has 0 fully saturated rings. The first-order valence-corrected chi connectivity index (χ1v) is 10.9. The molecule has 1 aliphatic carbocycles. The first-order valence-electron chi connectivity index (χ1n) is 10.5. The van der Waals surface area contributed by atoms with E-state index < -0.39 is 0 Å². The fourth-order valence-electron chi connectivity index (χ4n) is 4.67. The molecule has 154 valence electrons. The maximum absolute atomic E-state index is 5.44. The summed E-state index contributed by atoms with van der Waals surface area (Å²) in [7, 11) is 0. The minimum Gasteiger partial charge on any atom is -0.341 e. The van der Waals surface area contributed by atoms with Gasteiger partial charge in [0.2, 0.25) is 10.6 Å². The van der Waals surface area contributed by atoms with Gasteiger partial charge < -0.3 is 4.57 Å². The number of aromatic nitrogens is 6. The quantitative estimate of drug-likeness (QED) is 0.318. The summed E-state index contributed by atoms with van der Waals surface area (Å²) in [5.74, 6) is 0.643. The molecule has 3 aromatic heterocycles. The van der Waals surface area contributed by atoms with Crippen molar-refractivity contribution in [3.05, 3.63) is 64.1 Å². The second kappa shape index (κ2) is 7.02. The standard InChI is InChI=1S/C23H21N7S/c1-2-29-19-9-4-3-6-15(19)17-12-14(10-11-20(17)29)13-24-30-22(27-28-23(30)31)21-16-7-5-8-18(16)25-26-21/h3-4,6,9-13H,2,5,7-8H2,1H3,(H,25,26)(H,28,31)/b24-13-. The van der Waals surface area contributed by atoms with Crippen molar-refractivity contribution in [1.29, 1.82) is 0 Å². The predicted octanol–water partition coefficient (Wildman–Crippen LogP) is 4.83. The Kier molecular flexibility index (Phi) is 4.14. The van der Waals surface area contributed by atoms with Crippen LogP contribution in [0.4, 0.5) is 0 Å². The van der Waals surface area contributed by atoms with E-state index in [0.717, 1.165) is 37.1 Å². The van der Waals surface area contributed by atoms with Crippen LogP contribution < -0.4 is 0 Å². The zero-order valence-electron chi connectivity index (χ0n) is 17.1. The molecule has 7 nitrogen and oxygen atoms in total. The molecule has 2 N–H and O–H groups in total. The Morgan fingerprint density at radius 2 is 1.94 bits per heavy atom. The lowest BCUT2D eigenvalue weighted by molar-refractivity contribution is 0.827. The third kappa shape index (κ3) is 2.79. The summed E-state index contributed by atoms with van der Waals surface area (Å²) in [4.78, 5) is 0. The van der Waals surface area contributed by atoms with Crippen molar-refractivity contribution in [1.82, 2.24) is 29.6 Å². The van der Waals surface area contributed by atoms with Gasteiger partial charge in [-0.3, -0.25) is 5.10 Å². The smallest absolute Gasteiger partial charge is 0.216 e. The molecular formula is C23H21N7S. The third-order valence-corrected chi connectivity index (χ3v) is 6.37. The van der Waals surface area contributed by atoms with Crippen molar-refractivity contribution in [2.45, 2.75) is 32.7 Å². The van der Waals surface area contributed by atoms with E-state index in [0.29, 0.717) is 10.6 Å². The molecule has 3 heterocycles. The van der Waals surface area contributed by atoms with Crippen LogP contribution in [0, 0.1) is 4.77 Å². The van der Waals surface area contributed by atoms with Crippen molar-refractivity contribution in [2.75, 3.05) is 0 Å². The van der Waals surface area contributed by atoms with Gasteiger partial charge in [0.05, 0.1) is 6.21 Å². The minimum atomic E-state index is 0.449. The van der Waals surface area contributed by atoms with Gasteiger partial charge in [-0.05, 0) is 62.2 Å². The lowest BCUT2D eigenvalue weighted by atomic mass is 10.1. The van der Waals surface area contributed by atoms with Crippen LogP contribution in [0.5, 0.6) is 0 Å². The number of benzene rings is 2. The second-order valence-electron chi connectivity index (χ2n) is 7.83. The lowest BCUT2D eigenvalue weighted by Gasteiger charge is -2.03. The van der Waals surface area contributed by atoms with Gasteiger partial charge in [0.25, 0.3) is 0 Å². The number of nitrogens with one attached hydrogen (secondary N) is 2. The van der Waals surface area contributed by atoms with Crippen LogP contribution in [-0.4, -0.2) is 35.9 Å². The maximum atomic E-state index is 5.44. The zero-order chi connectivity index (χ0) is 20.9. The number of aromatic amines is 2. The van der Waals surface area contributed by atoms with Gasteiger partial charge in [0, 0.05) is 39.6 Å². The van der Waals surface area contributed by atoms with Gasteiger partial charge in [-0.15, -0.1) is 0 Å². The number of hydrogen-bond acceptors (Lipinski definition) is 4. The van der Waals surface area contributed by atoms with Gasteiger partial charge in [0.1, 0.15) is 5.69 Å². The van der Waals surface area contributed by atoms with E-state index >= 15 is 0 Å². The number of fused-ring (bicyclic) bond motifs is 4. The first-order chi connectivity index (χ1) is 15.2. The van der Waals surface area contributed by atoms with Crippen LogP contribution in [0.15, 0.2) is 47.6 Å². The van der Waals surface area contributed by atoms with Crippen LogP contribution in [0.1, 0.15) is 30.2 Å². The molecule has 8 heteroatoms. The van der Waals surface area contributed by atoms with E-state index in [1.165, 1.54) is 33.1 Å². The van der Waals surface area contributed by atoms with Gasteiger partial charge in [-0.1, -0.05) is 24.3 Å². The van der Waals surface area contributed by atoms with Gasteiger partial charge in [0.15, 0.2) is 0 Å². The molecule has 0 amide bonds. The summed E-state index contributed by atoms with van der Waals surface area (Å²) < 4.78 is 4.45. The summed E-state index contributed by atoms with van der Waals surface area (Å²) in [6.07, 6.45) is 5.00. The third-order valence-electron chi connectivity index (χ3n) is 6.10. The normalized spacial score (nSPS) is 13.7. The molecule has 0 unspecified atom stereocenters. The maximum Gasteiger partial charge on any atom is 0.216 e. The number of aryl methyl sites for hydroxylation is 2. The zero-order valence-corrected chi connectivity index (χ0v) is 17.9. The highest BCUT2D eigenvalue weighted by atomic mass is 32.1. The Morgan fingerprint density at radius 3 is 2.84 bits per heavy atom. The van der Waals surface area contributed by atoms with E-state index in [4.69, 9.17) is 12.2 Å². The summed E-state index contributed by atoms with van der Waals surface area (Å²) in [6.45, 7) is 3.11. The molecule has 6 rings (SSSR count). The van der Waals surface area contributed by atoms with Crippen molar-refractivity contribution in [3.8, 4) is 11.5 Å². The van der Waals surface area contributed by atoms with Crippen LogP contribution >= 0.6 is 12.2 Å². The van der Waals surface area contributed by atoms with E-state index in [-0.39, 0.29) is 0 Å². The molecule has 0 saturated heterocycles. The molecule has 0 bridgehead atoms. The predicted molar refractivity (Wildman–Crippen MR) is 125 cm³/mol. The molecular weight excluding hydrogens is 406 g/mol. The Morgan fingerprint density at radius 1 is 1.06 bits per heavy atom. The molecule has 0 atom stereocenters. The number of nitrogens with zero attached hydrogens (tertiary/aromatic N) is 5. The lowest BCUT2D eigenvalue weighted by Crippen LogP contribution is -1.97. The molecule has 2 aromatic carbocycles. The van der Waals surface area contributed by atoms with Crippen molar-refractivity contribution in [2.24, 2.45) is 5.10 Å². The monoisotopic (exact) mass is 427 g/mol. The topological polar surface area (TPSA) is 79.6 Å². The van der Waals surface area contributed by atoms with Gasteiger partial charge in [-0.2, -0.15) is 20.0 Å². The molecule has 0 aliphatic heterocycles. The molecule has 31 heavy (non-hydrogen) atoms. The Balaban J connectivity index is 1.44. The molecule has 1 aliphatic rings. The SMILES string of the molecule is CCn1c2ccccc2c2cc(/C=N\n3c(-c4n[nH]c5c4CCC5)n[nH]c3=S)ccc21. The Hall–Kier alpha value is -3.52. The minimum absolute atomic E-state index is 0.449. The summed E-state index contributed by atoms with van der Waals surface area (Å²) >= 11 is 5.44. The summed E-state index contributed by atoms with van der Waals surface area (Å²) in [5.41, 5.74) is 6.73.